The Morgan fingerprint density at radius 2 is 1.74 bits per heavy atom. The molecule has 2 saturated carbocycles. The minimum atomic E-state index is 0.712. The highest BCUT2D eigenvalue weighted by atomic mass is 79.9. The van der Waals surface area contributed by atoms with Crippen molar-refractivity contribution in [2.75, 3.05) is 6.54 Å². The molecule has 2 aliphatic carbocycles. The quantitative estimate of drug-likeness (QED) is 0.478. The van der Waals surface area contributed by atoms with Gasteiger partial charge in [-0.2, -0.15) is 0 Å². The van der Waals surface area contributed by atoms with E-state index in [4.69, 9.17) is 5.73 Å². The first-order chi connectivity index (χ1) is 13.3. The average molecular weight is 431 g/mol. The van der Waals surface area contributed by atoms with Gasteiger partial charge in [-0.3, -0.25) is 0 Å². The van der Waals surface area contributed by atoms with E-state index in [0.717, 1.165) is 18.4 Å². The van der Waals surface area contributed by atoms with Crippen LogP contribution in [0.5, 0.6) is 0 Å². The fourth-order valence-electron chi connectivity index (χ4n) is 5.58. The molecule has 2 aromatic rings. The zero-order valence-corrected chi connectivity index (χ0v) is 18.2. The first-order valence-electron chi connectivity index (χ1n) is 11.3. The Morgan fingerprint density at radius 3 is 2.48 bits per heavy atom. The topological polar surface area (TPSA) is 30.9 Å². The van der Waals surface area contributed by atoms with Gasteiger partial charge >= 0.3 is 0 Å². The predicted molar refractivity (Wildman–Crippen MR) is 119 cm³/mol. The molecule has 0 spiro atoms. The van der Waals surface area contributed by atoms with Gasteiger partial charge in [-0.15, -0.1) is 0 Å². The molecular formula is C24H35BrN2. The average Bonchev–Trinajstić information content (AvgIpc) is 3.08. The van der Waals surface area contributed by atoms with E-state index in [1.54, 1.807) is 5.56 Å². The second-order valence-corrected chi connectivity index (χ2v) is 9.86. The van der Waals surface area contributed by atoms with E-state index in [9.17, 15) is 0 Å². The normalized spacial score (nSPS) is 24.5. The maximum absolute atomic E-state index is 5.66. The summed E-state index contributed by atoms with van der Waals surface area (Å²) in [6.45, 7) is 0.852. The summed E-state index contributed by atoms with van der Waals surface area (Å²) < 4.78 is 3.86. The first-order valence-corrected chi connectivity index (χ1v) is 12.1. The number of nitrogens with zero attached hydrogens (tertiary/aromatic N) is 1. The van der Waals surface area contributed by atoms with Crippen molar-refractivity contribution in [2.24, 2.45) is 11.7 Å². The molecule has 2 nitrogen and oxygen atoms in total. The van der Waals surface area contributed by atoms with Crippen LogP contribution < -0.4 is 5.73 Å². The lowest BCUT2D eigenvalue weighted by molar-refractivity contribution is 0.303. The van der Waals surface area contributed by atoms with Crippen molar-refractivity contribution in [2.45, 2.75) is 89.0 Å². The molecule has 27 heavy (non-hydrogen) atoms. The van der Waals surface area contributed by atoms with E-state index in [1.165, 1.54) is 92.4 Å². The third kappa shape index (κ3) is 4.45. The SMILES string of the molecule is NCCCCC1CCC(c2cn(C3CCCCC3)c3ccc(Br)cc23)CC1. The molecule has 0 amide bonds. The third-order valence-electron chi connectivity index (χ3n) is 7.15. The van der Waals surface area contributed by atoms with Crippen molar-refractivity contribution >= 4 is 26.8 Å². The van der Waals surface area contributed by atoms with Crippen LogP contribution in [0.25, 0.3) is 10.9 Å². The molecule has 1 aromatic carbocycles. The first kappa shape index (κ1) is 19.5. The van der Waals surface area contributed by atoms with Crippen molar-refractivity contribution in [3.05, 3.63) is 34.4 Å². The summed E-state index contributed by atoms with van der Waals surface area (Å²) in [7, 11) is 0. The number of unbranched alkanes of at least 4 members (excludes halogenated alkanes) is 1. The molecule has 0 bridgehead atoms. The van der Waals surface area contributed by atoms with Crippen LogP contribution in [0, 0.1) is 5.92 Å². The maximum atomic E-state index is 5.66. The van der Waals surface area contributed by atoms with Crippen LogP contribution in [0.2, 0.25) is 0 Å². The van der Waals surface area contributed by atoms with E-state index in [-0.39, 0.29) is 0 Å². The molecule has 0 saturated heterocycles. The summed E-state index contributed by atoms with van der Waals surface area (Å²) in [5.74, 6) is 1.68. The van der Waals surface area contributed by atoms with Crippen LogP contribution in [-0.4, -0.2) is 11.1 Å². The lowest BCUT2D eigenvalue weighted by Crippen LogP contribution is -2.14. The molecule has 2 aliphatic rings. The maximum Gasteiger partial charge on any atom is 0.0486 e. The zero-order valence-electron chi connectivity index (χ0n) is 16.6. The Kier molecular flexibility index (Phi) is 6.60. The minimum absolute atomic E-state index is 0.712. The molecule has 0 unspecified atom stereocenters. The van der Waals surface area contributed by atoms with Gasteiger partial charge < -0.3 is 10.3 Å². The molecular weight excluding hydrogens is 396 g/mol. The standard InChI is InChI=1S/C24H35BrN2/c25-20-13-14-24-22(16-20)23(17-27(24)21-7-2-1-3-8-21)19-11-9-18(10-12-19)6-4-5-15-26/h13-14,16-19,21H,1-12,15,26H2. The Balaban J connectivity index is 1.54. The number of halogens is 1. The van der Waals surface area contributed by atoms with Crippen LogP contribution in [0.15, 0.2) is 28.9 Å². The van der Waals surface area contributed by atoms with Gasteiger partial charge in [0.2, 0.25) is 0 Å². The highest BCUT2D eigenvalue weighted by molar-refractivity contribution is 9.10. The van der Waals surface area contributed by atoms with Crippen LogP contribution >= 0.6 is 15.9 Å². The van der Waals surface area contributed by atoms with E-state index in [1.807, 2.05) is 0 Å². The zero-order chi connectivity index (χ0) is 18.6. The van der Waals surface area contributed by atoms with Crippen molar-refractivity contribution < 1.29 is 0 Å². The summed E-state index contributed by atoms with van der Waals surface area (Å²) in [5.41, 5.74) is 8.75. The summed E-state index contributed by atoms with van der Waals surface area (Å²) in [5, 5.41) is 1.50. The van der Waals surface area contributed by atoms with Crippen molar-refractivity contribution in [3.8, 4) is 0 Å². The second-order valence-electron chi connectivity index (χ2n) is 8.95. The summed E-state index contributed by atoms with van der Waals surface area (Å²) >= 11 is 3.72. The van der Waals surface area contributed by atoms with Crippen molar-refractivity contribution in [1.29, 1.82) is 0 Å². The molecule has 0 atom stereocenters. The highest BCUT2D eigenvalue weighted by Gasteiger charge is 2.26. The van der Waals surface area contributed by atoms with Gasteiger partial charge in [-0.1, -0.05) is 48.0 Å². The number of hydrogen-bond acceptors (Lipinski definition) is 1. The number of fused-ring (bicyclic) bond motifs is 1. The van der Waals surface area contributed by atoms with Gasteiger partial charge in [-0.05, 0) is 87.1 Å². The fourth-order valence-corrected chi connectivity index (χ4v) is 5.94. The molecule has 3 heteroatoms. The monoisotopic (exact) mass is 430 g/mol. The molecule has 1 aromatic heterocycles. The lowest BCUT2D eigenvalue weighted by Gasteiger charge is -2.28. The van der Waals surface area contributed by atoms with Crippen molar-refractivity contribution in [1.82, 2.24) is 4.57 Å². The molecule has 0 aliphatic heterocycles. The molecule has 0 radical (unpaired) electrons. The van der Waals surface area contributed by atoms with Gasteiger partial charge in [-0.25, -0.2) is 0 Å². The van der Waals surface area contributed by atoms with Gasteiger partial charge in [0.15, 0.2) is 0 Å². The molecule has 1 heterocycles. The number of nitrogens with two attached hydrogens (primary N) is 1. The molecule has 2 N–H and O–H groups in total. The molecule has 148 valence electrons. The highest BCUT2D eigenvalue weighted by Crippen LogP contribution is 2.43. The number of aromatic nitrogens is 1. The van der Waals surface area contributed by atoms with Crippen LogP contribution in [0.1, 0.15) is 94.6 Å². The fraction of sp³-hybridized carbons (Fsp3) is 0.667. The van der Waals surface area contributed by atoms with E-state index < -0.39 is 0 Å². The predicted octanol–water partition coefficient (Wildman–Crippen LogP) is 7.31. The summed E-state index contributed by atoms with van der Waals surface area (Å²) in [4.78, 5) is 0. The van der Waals surface area contributed by atoms with Crippen molar-refractivity contribution in [3.63, 3.8) is 0 Å². The van der Waals surface area contributed by atoms with Gasteiger partial charge in [0.1, 0.15) is 0 Å². The largest absolute Gasteiger partial charge is 0.344 e. The van der Waals surface area contributed by atoms with Gasteiger partial charge in [0.05, 0.1) is 0 Å². The number of rotatable bonds is 6. The van der Waals surface area contributed by atoms with E-state index >= 15 is 0 Å². The Bertz CT molecular complexity index is 736. The minimum Gasteiger partial charge on any atom is -0.344 e. The summed E-state index contributed by atoms with van der Waals surface area (Å²) in [6, 6.07) is 7.65. The smallest absolute Gasteiger partial charge is 0.0486 e. The number of benzene rings is 1. The lowest BCUT2D eigenvalue weighted by atomic mass is 9.77. The van der Waals surface area contributed by atoms with Crippen LogP contribution in [0.4, 0.5) is 0 Å². The molecule has 4 rings (SSSR count). The Hall–Kier alpha value is -0.800. The molecule has 2 fully saturated rings. The van der Waals surface area contributed by atoms with E-state index in [2.05, 4.69) is 44.9 Å². The van der Waals surface area contributed by atoms with Gasteiger partial charge in [0.25, 0.3) is 0 Å². The van der Waals surface area contributed by atoms with Gasteiger partial charge in [0, 0.05) is 27.6 Å². The third-order valence-corrected chi connectivity index (χ3v) is 7.64. The van der Waals surface area contributed by atoms with E-state index in [0.29, 0.717) is 6.04 Å². The van der Waals surface area contributed by atoms with Crippen LogP contribution in [-0.2, 0) is 0 Å². The Morgan fingerprint density at radius 1 is 0.963 bits per heavy atom. The summed E-state index contributed by atoms with van der Waals surface area (Å²) in [6.07, 6.45) is 18.9. The Labute approximate surface area is 173 Å². The number of hydrogen-bond donors (Lipinski definition) is 1. The van der Waals surface area contributed by atoms with Crippen LogP contribution in [0.3, 0.4) is 0 Å². The second kappa shape index (κ2) is 9.13.